The molecule has 1 aliphatic heterocycles. The second kappa shape index (κ2) is 10.0. The SMILES string of the molecule is COc1ccccc1N1CCN(CCCNC(=O)c2cc(Cl)ccc2Cl)CC1. The minimum Gasteiger partial charge on any atom is -0.495 e. The van der Waals surface area contributed by atoms with Crippen LogP contribution in [0.2, 0.25) is 10.0 Å². The summed E-state index contributed by atoms with van der Waals surface area (Å²) in [6.07, 6.45) is 0.887. The Balaban J connectivity index is 1.40. The predicted molar refractivity (Wildman–Crippen MR) is 115 cm³/mol. The van der Waals surface area contributed by atoms with E-state index in [0.717, 1.165) is 50.6 Å². The highest BCUT2D eigenvalue weighted by molar-refractivity contribution is 6.35. The lowest BCUT2D eigenvalue weighted by Crippen LogP contribution is -2.47. The number of para-hydroxylation sites is 2. The van der Waals surface area contributed by atoms with Crippen LogP contribution >= 0.6 is 23.2 Å². The number of hydrogen-bond acceptors (Lipinski definition) is 4. The molecule has 1 N–H and O–H groups in total. The Hall–Kier alpha value is -1.95. The quantitative estimate of drug-likeness (QED) is 0.687. The Morgan fingerprint density at radius 2 is 1.86 bits per heavy atom. The Morgan fingerprint density at radius 1 is 1.11 bits per heavy atom. The van der Waals surface area contributed by atoms with Crippen LogP contribution in [0.4, 0.5) is 5.69 Å². The number of halogens is 2. The van der Waals surface area contributed by atoms with Gasteiger partial charge in [0, 0.05) is 37.7 Å². The van der Waals surface area contributed by atoms with Crippen LogP contribution in [0.1, 0.15) is 16.8 Å². The molecule has 0 radical (unpaired) electrons. The fraction of sp³-hybridized carbons (Fsp3) is 0.381. The van der Waals surface area contributed by atoms with Crippen LogP contribution in [0.15, 0.2) is 42.5 Å². The summed E-state index contributed by atoms with van der Waals surface area (Å²) in [5, 5.41) is 3.83. The van der Waals surface area contributed by atoms with Crippen molar-refractivity contribution in [3.05, 3.63) is 58.1 Å². The van der Waals surface area contributed by atoms with Crippen molar-refractivity contribution in [1.82, 2.24) is 10.2 Å². The van der Waals surface area contributed by atoms with E-state index < -0.39 is 0 Å². The second-order valence-electron chi connectivity index (χ2n) is 6.73. The van der Waals surface area contributed by atoms with E-state index in [1.807, 2.05) is 18.2 Å². The number of nitrogens with one attached hydrogen (secondary N) is 1. The van der Waals surface area contributed by atoms with Gasteiger partial charge in [0.15, 0.2) is 0 Å². The summed E-state index contributed by atoms with van der Waals surface area (Å²) < 4.78 is 5.47. The maximum Gasteiger partial charge on any atom is 0.252 e. The van der Waals surface area contributed by atoms with E-state index >= 15 is 0 Å². The maximum atomic E-state index is 12.2. The fourth-order valence-corrected chi connectivity index (χ4v) is 3.75. The predicted octanol–water partition coefficient (Wildman–Crippen LogP) is 3.94. The molecule has 2 aromatic rings. The van der Waals surface area contributed by atoms with Crippen LogP contribution in [0.3, 0.4) is 0 Å². The maximum absolute atomic E-state index is 12.2. The van der Waals surface area contributed by atoms with E-state index in [2.05, 4.69) is 21.2 Å². The summed E-state index contributed by atoms with van der Waals surface area (Å²) in [6, 6.07) is 13.0. The summed E-state index contributed by atoms with van der Waals surface area (Å²) in [5.74, 6) is 0.729. The Bertz CT molecular complexity index is 808. The summed E-state index contributed by atoms with van der Waals surface area (Å²) in [5.41, 5.74) is 1.56. The molecule has 0 spiro atoms. The van der Waals surface area contributed by atoms with Crippen molar-refractivity contribution in [1.29, 1.82) is 0 Å². The van der Waals surface area contributed by atoms with E-state index in [1.165, 1.54) is 0 Å². The molecular weight excluding hydrogens is 397 g/mol. The van der Waals surface area contributed by atoms with Crippen molar-refractivity contribution in [3.63, 3.8) is 0 Å². The zero-order chi connectivity index (χ0) is 19.9. The van der Waals surface area contributed by atoms with Crippen molar-refractivity contribution in [2.75, 3.05) is 51.3 Å². The summed E-state index contributed by atoms with van der Waals surface area (Å²) in [6.45, 7) is 5.46. The van der Waals surface area contributed by atoms with Crippen molar-refractivity contribution in [3.8, 4) is 5.75 Å². The van der Waals surface area contributed by atoms with E-state index in [1.54, 1.807) is 25.3 Å². The summed E-state index contributed by atoms with van der Waals surface area (Å²) in [4.78, 5) is 17.0. The van der Waals surface area contributed by atoms with Gasteiger partial charge in [0.05, 0.1) is 23.4 Å². The van der Waals surface area contributed by atoms with Crippen LogP contribution in [-0.2, 0) is 0 Å². The molecule has 150 valence electrons. The number of ether oxygens (including phenoxy) is 1. The van der Waals surface area contributed by atoms with Gasteiger partial charge in [-0.25, -0.2) is 0 Å². The Morgan fingerprint density at radius 3 is 2.61 bits per heavy atom. The molecule has 28 heavy (non-hydrogen) atoms. The second-order valence-corrected chi connectivity index (χ2v) is 7.58. The van der Waals surface area contributed by atoms with E-state index in [0.29, 0.717) is 22.2 Å². The van der Waals surface area contributed by atoms with Crippen LogP contribution in [0.5, 0.6) is 5.75 Å². The van der Waals surface area contributed by atoms with Gasteiger partial charge < -0.3 is 15.0 Å². The lowest BCUT2D eigenvalue weighted by molar-refractivity contribution is 0.0951. The van der Waals surface area contributed by atoms with Crippen LogP contribution < -0.4 is 15.0 Å². The molecule has 1 fully saturated rings. The monoisotopic (exact) mass is 421 g/mol. The third-order valence-electron chi connectivity index (χ3n) is 4.91. The van der Waals surface area contributed by atoms with Gasteiger partial charge in [0.2, 0.25) is 0 Å². The van der Waals surface area contributed by atoms with Crippen molar-refractivity contribution in [2.45, 2.75) is 6.42 Å². The molecule has 7 heteroatoms. The molecule has 5 nitrogen and oxygen atoms in total. The van der Waals surface area contributed by atoms with Gasteiger partial charge in [-0.1, -0.05) is 35.3 Å². The number of anilines is 1. The molecule has 0 bridgehead atoms. The third kappa shape index (κ3) is 5.31. The van der Waals surface area contributed by atoms with Gasteiger partial charge in [-0.15, -0.1) is 0 Å². The first-order chi connectivity index (χ1) is 13.6. The molecule has 0 aliphatic carbocycles. The average molecular weight is 422 g/mol. The van der Waals surface area contributed by atoms with Crippen molar-refractivity contribution < 1.29 is 9.53 Å². The highest BCUT2D eigenvalue weighted by atomic mass is 35.5. The Labute approximate surface area is 176 Å². The minimum absolute atomic E-state index is 0.187. The molecule has 0 unspecified atom stereocenters. The van der Waals surface area contributed by atoms with Gasteiger partial charge >= 0.3 is 0 Å². The van der Waals surface area contributed by atoms with Gasteiger partial charge in [-0.05, 0) is 43.3 Å². The molecule has 0 aromatic heterocycles. The first-order valence-corrected chi connectivity index (χ1v) is 10.2. The molecule has 1 aliphatic rings. The lowest BCUT2D eigenvalue weighted by atomic mass is 10.2. The number of rotatable bonds is 7. The molecular formula is C21H25Cl2N3O2. The van der Waals surface area contributed by atoms with Gasteiger partial charge in [0.25, 0.3) is 5.91 Å². The number of carbonyl (C=O) groups excluding carboxylic acids is 1. The molecule has 1 amide bonds. The average Bonchev–Trinajstić information content (AvgIpc) is 2.73. The smallest absolute Gasteiger partial charge is 0.252 e. The lowest BCUT2D eigenvalue weighted by Gasteiger charge is -2.36. The minimum atomic E-state index is -0.187. The zero-order valence-corrected chi connectivity index (χ0v) is 17.5. The highest BCUT2D eigenvalue weighted by Crippen LogP contribution is 2.28. The van der Waals surface area contributed by atoms with Crippen LogP contribution in [0.25, 0.3) is 0 Å². The molecule has 1 heterocycles. The zero-order valence-electron chi connectivity index (χ0n) is 16.0. The fourth-order valence-electron chi connectivity index (χ4n) is 3.37. The molecule has 2 aromatic carbocycles. The first-order valence-electron chi connectivity index (χ1n) is 9.42. The van der Waals surface area contributed by atoms with E-state index in [-0.39, 0.29) is 5.91 Å². The van der Waals surface area contributed by atoms with E-state index in [4.69, 9.17) is 27.9 Å². The van der Waals surface area contributed by atoms with Crippen LogP contribution in [-0.4, -0.2) is 57.2 Å². The van der Waals surface area contributed by atoms with Gasteiger partial charge in [-0.3, -0.25) is 9.69 Å². The van der Waals surface area contributed by atoms with Gasteiger partial charge in [0.1, 0.15) is 5.75 Å². The number of methoxy groups -OCH3 is 1. The molecule has 0 saturated carbocycles. The largest absolute Gasteiger partial charge is 0.495 e. The number of nitrogens with zero attached hydrogens (tertiary/aromatic N) is 2. The topological polar surface area (TPSA) is 44.8 Å². The van der Waals surface area contributed by atoms with Crippen LogP contribution in [0, 0.1) is 0 Å². The molecule has 0 atom stereocenters. The first kappa shape index (κ1) is 20.8. The summed E-state index contributed by atoms with van der Waals surface area (Å²) >= 11 is 12.0. The standard InChI is InChI=1S/C21H25Cl2N3O2/c1-28-20-6-3-2-5-19(20)26-13-11-25(12-14-26)10-4-9-24-21(27)17-15-16(22)7-8-18(17)23/h2-3,5-8,15H,4,9-14H2,1H3,(H,24,27). The summed E-state index contributed by atoms with van der Waals surface area (Å²) in [7, 11) is 1.71. The third-order valence-corrected chi connectivity index (χ3v) is 5.47. The number of hydrogen-bond donors (Lipinski definition) is 1. The number of benzene rings is 2. The van der Waals surface area contributed by atoms with Crippen molar-refractivity contribution >= 4 is 34.8 Å². The van der Waals surface area contributed by atoms with Crippen molar-refractivity contribution in [2.24, 2.45) is 0 Å². The highest BCUT2D eigenvalue weighted by Gasteiger charge is 2.19. The normalized spacial score (nSPS) is 14.8. The number of piperazine rings is 1. The Kier molecular flexibility index (Phi) is 7.43. The number of amides is 1. The number of carbonyl (C=O) groups is 1. The van der Waals surface area contributed by atoms with E-state index in [9.17, 15) is 4.79 Å². The molecule has 1 saturated heterocycles. The molecule has 3 rings (SSSR count). The van der Waals surface area contributed by atoms with Gasteiger partial charge in [-0.2, -0.15) is 0 Å².